The van der Waals surface area contributed by atoms with Gasteiger partial charge >= 0.3 is 5.97 Å². The van der Waals surface area contributed by atoms with E-state index in [9.17, 15) is 4.79 Å². The molecule has 0 aliphatic carbocycles. The van der Waals surface area contributed by atoms with Crippen LogP contribution < -0.4 is 4.90 Å². The van der Waals surface area contributed by atoms with E-state index in [1.165, 1.54) is 11.3 Å². The number of carboxylic acid groups (broad SMARTS) is 1. The molecule has 20 heavy (non-hydrogen) atoms. The van der Waals surface area contributed by atoms with Crippen LogP contribution in [0.3, 0.4) is 0 Å². The highest BCUT2D eigenvalue weighted by Gasteiger charge is 2.20. The van der Waals surface area contributed by atoms with Crippen LogP contribution in [-0.4, -0.2) is 24.2 Å². The summed E-state index contributed by atoms with van der Waals surface area (Å²) < 4.78 is 0. The second-order valence-corrected chi connectivity index (χ2v) is 5.12. The minimum atomic E-state index is -0.851. The van der Waals surface area contributed by atoms with E-state index >= 15 is 0 Å². The Morgan fingerprint density at radius 3 is 2.70 bits per heavy atom. The van der Waals surface area contributed by atoms with Gasteiger partial charge in [-0.1, -0.05) is 30.3 Å². The van der Waals surface area contributed by atoms with Crippen LogP contribution in [0.25, 0.3) is 0 Å². The van der Waals surface area contributed by atoms with Crippen molar-refractivity contribution in [2.24, 2.45) is 0 Å². The minimum Gasteiger partial charge on any atom is -0.478 e. The first-order valence-electron chi connectivity index (χ1n) is 6.89. The summed E-state index contributed by atoms with van der Waals surface area (Å²) in [5.41, 5.74) is 4.06. The second kappa shape index (κ2) is 5.37. The first-order valence-corrected chi connectivity index (χ1v) is 6.89. The first-order chi connectivity index (χ1) is 9.74. The highest BCUT2D eigenvalue weighted by molar-refractivity contribution is 5.88. The predicted octanol–water partition coefficient (Wildman–Crippen LogP) is 2.99. The lowest BCUT2D eigenvalue weighted by Gasteiger charge is -2.19. The summed E-state index contributed by atoms with van der Waals surface area (Å²) in [5.74, 6) is -0.851. The Balaban J connectivity index is 1.72. The monoisotopic (exact) mass is 267 g/mol. The van der Waals surface area contributed by atoms with Gasteiger partial charge in [0.15, 0.2) is 0 Å². The van der Waals surface area contributed by atoms with Gasteiger partial charge in [0.2, 0.25) is 0 Å². The Bertz CT molecular complexity index is 622. The van der Waals surface area contributed by atoms with Gasteiger partial charge in [0.1, 0.15) is 0 Å². The summed E-state index contributed by atoms with van der Waals surface area (Å²) in [6, 6.07) is 15.9. The van der Waals surface area contributed by atoms with Crippen molar-refractivity contribution in [1.29, 1.82) is 0 Å². The molecule has 0 amide bonds. The Hall–Kier alpha value is -2.29. The number of aromatic carboxylic acids is 1. The molecular weight excluding hydrogens is 250 g/mol. The zero-order valence-corrected chi connectivity index (χ0v) is 11.2. The highest BCUT2D eigenvalue weighted by Crippen LogP contribution is 2.28. The number of anilines is 1. The van der Waals surface area contributed by atoms with Crippen molar-refractivity contribution in [3.05, 3.63) is 65.2 Å². The van der Waals surface area contributed by atoms with E-state index in [-0.39, 0.29) is 0 Å². The lowest BCUT2D eigenvalue weighted by molar-refractivity contribution is 0.0697. The van der Waals surface area contributed by atoms with Crippen LogP contribution in [0.15, 0.2) is 48.5 Å². The van der Waals surface area contributed by atoms with Crippen LogP contribution >= 0.6 is 0 Å². The quantitative estimate of drug-likeness (QED) is 0.925. The van der Waals surface area contributed by atoms with Crippen LogP contribution in [-0.2, 0) is 12.8 Å². The van der Waals surface area contributed by atoms with Gasteiger partial charge in [-0.2, -0.15) is 0 Å². The third-order valence-electron chi connectivity index (χ3n) is 3.83. The van der Waals surface area contributed by atoms with Crippen molar-refractivity contribution >= 4 is 11.7 Å². The smallest absolute Gasteiger partial charge is 0.335 e. The molecule has 0 atom stereocenters. The summed E-state index contributed by atoms with van der Waals surface area (Å²) >= 11 is 0. The number of hydrogen-bond acceptors (Lipinski definition) is 2. The maximum absolute atomic E-state index is 11.0. The molecule has 0 saturated carbocycles. The molecule has 1 heterocycles. The van der Waals surface area contributed by atoms with E-state index < -0.39 is 5.97 Å². The molecular formula is C17H17NO2. The average molecular weight is 267 g/mol. The van der Waals surface area contributed by atoms with Crippen LogP contribution in [0.1, 0.15) is 21.5 Å². The molecule has 1 aliphatic rings. The molecule has 0 radical (unpaired) electrons. The van der Waals surface area contributed by atoms with E-state index in [2.05, 4.69) is 29.2 Å². The summed E-state index contributed by atoms with van der Waals surface area (Å²) in [6.07, 6.45) is 1.95. The van der Waals surface area contributed by atoms with E-state index in [0.717, 1.165) is 31.5 Å². The Morgan fingerprint density at radius 2 is 1.95 bits per heavy atom. The van der Waals surface area contributed by atoms with Gasteiger partial charge < -0.3 is 10.0 Å². The summed E-state index contributed by atoms with van der Waals surface area (Å²) in [6.45, 7) is 1.95. The average Bonchev–Trinajstić information content (AvgIpc) is 2.88. The van der Waals surface area contributed by atoms with E-state index in [1.54, 1.807) is 12.1 Å². The fourth-order valence-electron chi connectivity index (χ4n) is 2.74. The van der Waals surface area contributed by atoms with Crippen LogP contribution in [0.4, 0.5) is 5.69 Å². The molecule has 0 aromatic heterocycles. The van der Waals surface area contributed by atoms with E-state index in [0.29, 0.717) is 5.56 Å². The number of carboxylic acids is 1. The van der Waals surface area contributed by atoms with Crippen molar-refractivity contribution in [3.63, 3.8) is 0 Å². The standard InChI is InChI=1S/C17H17NO2/c19-17(20)15-6-7-16-14(12-15)9-11-18(16)10-8-13-4-2-1-3-5-13/h1-7,12H,8-11H2,(H,19,20). The van der Waals surface area contributed by atoms with Gasteiger partial charge in [-0.25, -0.2) is 4.79 Å². The lowest BCUT2D eigenvalue weighted by Crippen LogP contribution is -2.23. The topological polar surface area (TPSA) is 40.5 Å². The number of carbonyl (C=O) groups is 1. The molecule has 0 bridgehead atoms. The normalized spacial score (nSPS) is 13.3. The number of benzene rings is 2. The van der Waals surface area contributed by atoms with Crippen molar-refractivity contribution in [2.45, 2.75) is 12.8 Å². The number of hydrogen-bond donors (Lipinski definition) is 1. The maximum atomic E-state index is 11.0. The zero-order chi connectivity index (χ0) is 13.9. The molecule has 1 aliphatic heterocycles. The Morgan fingerprint density at radius 1 is 1.15 bits per heavy atom. The van der Waals surface area contributed by atoms with Gasteiger partial charge in [-0.05, 0) is 42.2 Å². The van der Waals surface area contributed by atoms with E-state index in [4.69, 9.17) is 5.11 Å². The molecule has 1 N–H and O–H groups in total. The van der Waals surface area contributed by atoms with E-state index in [1.807, 2.05) is 12.1 Å². The van der Waals surface area contributed by atoms with Gasteiger partial charge in [-0.15, -0.1) is 0 Å². The minimum absolute atomic E-state index is 0.383. The summed E-state index contributed by atoms with van der Waals surface area (Å²) in [4.78, 5) is 13.3. The summed E-state index contributed by atoms with van der Waals surface area (Å²) in [5, 5.41) is 9.02. The lowest BCUT2D eigenvalue weighted by atomic mass is 10.1. The fourth-order valence-corrected chi connectivity index (χ4v) is 2.74. The number of rotatable bonds is 4. The molecule has 0 unspecified atom stereocenters. The molecule has 3 rings (SSSR count). The molecule has 3 nitrogen and oxygen atoms in total. The Labute approximate surface area is 118 Å². The third kappa shape index (κ3) is 2.52. The molecule has 2 aromatic rings. The maximum Gasteiger partial charge on any atom is 0.335 e. The van der Waals surface area contributed by atoms with Crippen molar-refractivity contribution < 1.29 is 9.90 Å². The largest absolute Gasteiger partial charge is 0.478 e. The van der Waals surface area contributed by atoms with Crippen LogP contribution in [0.2, 0.25) is 0 Å². The van der Waals surface area contributed by atoms with Gasteiger partial charge in [-0.3, -0.25) is 0 Å². The SMILES string of the molecule is O=C(O)c1ccc2c(c1)CCN2CCc1ccccc1. The van der Waals surface area contributed by atoms with Gasteiger partial charge in [0.05, 0.1) is 5.56 Å². The predicted molar refractivity (Wildman–Crippen MR) is 79.5 cm³/mol. The second-order valence-electron chi connectivity index (χ2n) is 5.12. The molecule has 2 aromatic carbocycles. The van der Waals surface area contributed by atoms with Crippen molar-refractivity contribution in [3.8, 4) is 0 Å². The van der Waals surface area contributed by atoms with Crippen molar-refractivity contribution in [1.82, 2.24) is 0 Å². The molecule has 3 heteroatoms. The summed E-state index contributed by atoms with van der Waals surface area (Å²) in [7, 11) is 0. The molecule has 0 fully saturated rings. The zero-order valence-electron chi connectivity index (χ0n) is 11.2. The molecule has 102 valence electrons. The van der Waals surface area contributed by atoms with Crippen LogP contribution in [0.5, 0.6) is 0 Å². The van der Waals surface area contributed by atoms with Gasteiger partial charge in [0, 0.05) is 18.8 Å². The molecule has 0 saturated heterocycles. The number of fused-ring (bicyclic) bond motifs is 1. The van der Waals surface area contributed by atoms with Crippen LogP contribution in [0, 0.1) is 0 Å². The highest BCUT2D eigenvalue weighted by atomic mass is 16.4. The fraction of sp³-hybridized carbons (Fsp3) is 0.235. The Kier molecular flexibility index (Phi) is 3.42. The first kappa shape index (κ1) is 12.7. The molecule has 0 spiro atoms. The number of nitrogens with zero attached hydrogens (tertiary/aromatic N) is 1. The van der Waals surface area contributed by atoms with Gasteiger partial charge in [0.25, 0.3) is 0 Å². The third-order valence-corrected chi connectivity index (χ3v) is 3.83. The van der Waals surface area contributed by atoms with Crippen molar-refractivity contribution in [2.75, 3.05) is 18.0 Å².